The standard InChI is InChI=1S/C61H106O6/c1-4-7-10-13-16-19-22-25-27-29-30-32-34-37-40-43-46-49-52-55-61(64)67-58(56-65-59(62)53-50-47-44-41-38-35-24-21-18-15-12-9-6-3)57-66-60(63)54-51-48-45-42-39-36-33-31-28-26-23-20-17-14-11-8-5-2/h8,11,17,20-21,24-28,33,36,58H,4-7,9-10,12-16,18-19,22-23,29-32,34-35,37-57H2,1-3H3/b11-8-,20-17-,24-21-,27-25-,28-26-,36-33-/t58-/m0/s1. The third kappa shape index (κ3) is 53.7. The largest absolute Gasteiger partial charge is 0.462 e. The number of hydrogen-bond donors (Lipinski definition) is 0. The van der Waals surface area contributed by atoms with Gasteiger partial charge < -0.3 is 14.2 Å². The monoisotopic (exact) mass is 935 g/mol. The minimum absolute atomic E-state index is 0.0879. The van der Waals surface area contributed by atoms with Gasteiger partial charge in [0.2, 0.25) is 0 Å². The van der Waals surface area contributed by atoms with Crippen LogP contribution in [0.5, 0.6) is 0 Å². The van der Waals surface area contributed by atoms with Gasteiger partial charge in [-0.3, -0.25) is 14.4 Å². The van der Waals surface area contributed by atoms with E-state index in [2.05, 4.69) is 93.7 Å². The van der Waals surface area contributed by atoms with Gasteiger partial charge in [0.05, 0.1) is 0 Å². The first-order valence-corrected chi connectivity index (χ1v) is 28.4. The fourth-order valence-corrected chi connectivity index (χ4v) is 7.89. The Morgan fingerprint density at radius 2 is 0.582 bits per heavy atom. The number of hydrogen-bond acceptors (Lipinski definition) is 6. The quantitative estimate of drug-likeness (QED) is 0.0262. The van der Waals surface area contributed by atoms with Crippen molar-refractivity contribution in [3.63, 3.8) is 0 Å². The third-order valence-corrected chi connectivity index (χ3v) is 12.2. The second-order valence-electron chi connectivity index (χ2n) is 18.8. The average Bonchev–Trinajstić information content (AvgIpc) is 3.33. The van der Waals surface area contributed by atoms with Crippen molar-refractivity contribution in [2.24, 2.45) is 0 Å². The average molecular weight is 936 g/mol. The van der Waals surface area contributed by atoms with Crippen molar-refractivity contribution < 1.29 is 28.6 Å². The zero-order valence-corrected chi connectivity index (χ0v) is 44.2. The van der Waals surface area contributed by atoms with Crippen LogP contribution >= 0.6 is 0 Å². The predicted molar refractivity (Wildman–Crippen MR) is 288 cm³/mol. The van der Waals surface area contributed by atoms with Crippen LogP contribution in [0, 0.1) is 0 Å². The van der Waals surface area contributed by atoms with Gasteiger partial charge in [-0.2, -0.15) is 0 Å². The molecule has 0 saturated carbocycles. The molecule has 0 amide bonds. The Bertz CT molecular complexity index is 1260. The van der Waals surface area contributed by atoms with Gasteiger partial charge in [-0.15, -0.1) is 0 Å². The van der Waals surface area contributed by atoms with Gasteiger partial charge in [0, 0.05) is 19.3 Å². The molecular weight excluding hydrogens is 829 g/mol. The highest BCUT2D eigenvalue weighted by molar-refractivity contribution is 5.71. The normalized spacial score (nSPS) is 12.6. The van der Waals surface area contributed by atoms with Gasteiger partial charge in [-0.1, -0.05) is 222 Å². The summed E-state index contributed by atoms with van der Waals surface area (Å²) in [5.74, 6) is -0.915. The molecule has 0 saturated heterocycles. The Labute approximate surface area is 414 Å². The molecular formula is C61H106O6. The molecule has 1 atom stereocenters. The molecule has 0 aromatic carbocycles. The third-order valence-electron chi connectivity index (χ3n) is 12.2. The molecule has 0 aliphatic rings. The maximum Gasteiger partial charge on any atom is 0.306 e. The van der Waals surface area contributed by atoms with E-state index in [0.717, 1.165) is 103 Å². The van der Waals surface area contributed by atoms with Crippen molar-refractivity contribution in [2.45, 2.75) is 284 Å². The molecule has 386 valence electrons. The molecule has 0 spiro atoms. The SMILES string of the molecule is CC/C=C\C/C=C\C/C=C\C/C=C\CCCCCCC(=O)OC[C@H](COC(=O)CCCCCCC/C=C\CCCCCC)OC(=O)CCCCCCCCCCC/C=C\CCCCCCCC. The summed E-state index contributed by atoms with van der Waals surface area (Å²) in [4.78, 5) is 38.1. The second kappa shape index (κ2) is 55.4. The van der Waals surface area contributed by atoms with Gasteiger partial charge in [0.25, 0.3) is 0 Å². The summed E-state index contributed by atoms with van der Waals surface area (Å²) < 4.78 is 16.8. The van der Waals surface area contributed by atoms with E-state index in [9.17, 15) is 14.4 Å². The van der Waals surface area contributed by atoms with Crippen molar-refractivity contribution in [3.05, 3.63) is 72.9 Å². The summed E-state index contributed by atoms with van der Waals surface area (Å²) in [5, 5.41) is 0. The molecule has 0 rings (SSSR count). The van der Waals surface area contributed by atoms with Gasteiger partial charge in [-0.25, -0.2) is 0 Å². The van der Waals surface area contributed by atoms with Crippen molar-refractivity contribution in [3.8, 4) is 0 Å². The van der Waals surface area contributed by atoms with Gasteiger partial charge in [0.1, 0.15) is 13.2 Å². The van der Waals surface area contributed by atoms with Crippen LogP contribution in [0.1, 0.15) is 278 Å². The molecule has 0 aromatic rings. The number of carbonyl (C=O) groups excluding carboxylic acids is 3. The van der Waals surface area contributed by atoms with E-state index in [1.54, 1.807) is 0 Å². The van der Waals surface area contributed by atoms with E-state index in [4.69, 9.17) is 14.2 Å². The van der Waals surface area contributed by atoms with E-state index < -0.39 is 6.10 Å². The molecule has 0 unspecified atom stereocenters. The first-order valence-electron chi connectivity index (χ1n) is 28.4. The van der Waals surface area contributed by atoms with Crippen LogP contribution in [0.3, 0.4) is 0 Å². The van der Waals surface area contributed by atoms with Crippen LogP contribution in [0.4, 0.5) is 0 Å². The fourth-order valence-electron chi connectivity index (χ4n) is 7.89. The lowest BCUT2D eigenvalue weighted by molar-refractivity contribution is -0.167. The minimum Gasteiger partial charge on any atom is -0.462 e. The lowest BCUT2D eigenvalue weighted by Gasteiger charge is -2.18. The molecule has 0 radical (unpaired) electrons. The van der Waals surface area contributed by atoms with E-state index in [0.29, 0.717) is 19.3 Å². The van der Waals surface area contributed by atoms with Gasteiger partial charge >= 0.3 is 17.9 Å². The lowest BCUT2D eigenvalue weighted by atomic mass is 10.1. The summed E-state index contributed by atoms with van der Waals surface area (Å²) in [7, 11) is 0. The Morgan fingerprint density at radius 1 is 0.313 bits per heavy atom. The predicted octanol–water partition coefficient (Wildman–Crippen LogP) is 19.0. The molecule has 6 nitrogen and oxygen atoms in total. The first kappa shape index (κ1) is 63.8. The van der Waals surface area contributed by atoms with E-state index in [1.165, 1.54) is 135 Å². The maximum absolute atomic E-state index is 12.9. The van der Waals surface area contributed by atoms with E-state index in [-0.39, 0.29) is 31.1 Å². The zero-order valence-electron chi connectivity index (χ0n) is 44.2. The maximum atomic E-state index is 12.9. The number of esters is 3. The van der Waals surface area contributed by atoms with Crippen LogP contribution in [0.25, 0.3) is 0 Å². The van der Waals surface area contributed by atoms with Crippen molar-refractivity contribution >= 4 is 17.9 Å². The van der Waals surface area contributed by atoms with Crippen molar-refractivity contribution in [1.29, 1.82) is 0 Å². The van der Waals surface area contributed by atoms with Crippen LogP contribution in [-0.2, 0) is 28.6 Å². The summed E-state index contributed by atoms with van der Waals surface area (Å²) in [6.45, 7) is 6.49. The highest BCUT2D eigenvalue weighted by Gasteiger charge is 2.19. The second-order valence-corrected chi connectivity index (χ2v) is 18.8. The Balaban J connectivity index is 4.41. The zero-order chi connectivity index (χ0) is 48.6. The Morgan fingerprint density at radius 3 is 0.940 bits per heavy atom. The summed E-state index contributed by atoms with van der Waals surface area (Å²) in [6.07, 6.45) is 70.3. The van der Waals surface area contributed by atoms with Crippen LogP contribution in [-0.4, -0.2) is 37.2 Å². The van der Waals surface area contributed by atoms with Gasteiger partial charge in [0.15, 0.2) is 6.10 Å². The van der Waals surface area contributed by atoms with Crippen molar-refractivity contribution in [2.75, 3.05) is 13.2 Å². The molecule has 0 N–H and O–H groups in total. The fraction of sp³-hybridized carbons (Fsp3) is 0.754. The van der Waals surface area contributed by atoms with Crippen molar-refractivity contribution in [1.82, 2.24) is 0 Å². The topological polar surface area (TPSA) is 78.9 Å². The Hall–Kier alpha value is -3.15. The highest BCUT2D eigenvalue weighted by atomic mass is 16.6. The van der Waals surface area contributed by atoms with Crippen LogP contribution in [0.2, 0.25) is 0 Å². The van der Waals surface area contributed by atoms with Crippen LogP contribution < -0.4 is 0 Å². The van der Waals surface area contributed by atoms with E-state index in [1.807, 2.05) is 0 Å². The molecule has 0 aliphatic carbocycles. The molecule has 6 heteroatoms. The lowest BCUT2D eigenvalue weighted by Crippen LogP contribution is -2.30. The molecule has 0 aromatic heterocycles. The minimum atomic E-state index is -0.790. The van der Waals surface area contributed by atoms with Crippen LogP contribution in [0.15, 0.2) is 72.9 Å². The number of ether oxygens (including phenoxy) is 3. The van der Waals surface area contributed by atoms with Gasteiger partial charge in [-0.05, 0) is 109 Å². The van der Waals surface area contributed by atoms with E-state index >= 15 is 0 Å². The molecule has 0 heterocycles. The molecule has 0 bridgehead atoms. The summed E-state index contributed by atoms with van der Waals surface area (Å²) in [6, 6.07) is 0. The molecule has 0 fully saturated rings. The molecule has 0 aliphatic heterocycles. The smallest absolute Gasteiger partial charge is 0.306 e. The first-order chi connectivity index (χ1) is 33.0. The number of unbranched alkanes of at least 4 members (excludes halogenated alkanes) is 28. The Kier molecular flexibility index (Phi) is 52.8. The number of rotatable bonds is 51. The summed E-state index contributed by atoms with van der Waals surface area (Å²) >= 11 is 0. The number of carbonyl (C=O) groups is 3. The number of allylic oxidation sites excluding steroid dienone is 12. The molecule has 67 heavy (non-hydrogen) atoms. The summed E-state index contributed by atoms with van der Waals surface area (Å²) in [5.41, 5.74) is 0. The highest BCUT2D eigenvalue weighted by Crippen LogP contribution is 2.15.